The minimum absolute atomic E-state index is 0.395. The van der Waals surface area contributed by atoms with Crippen LogP contribution in [0.15, 0.2) is 18.3 Å². The van der Waals surface area contributed by atoms with E-state index in [4.69, 9.17) is 16.7 Å². The number of halogens is 1. The zero-order valence-electron chi connectivity index (χ0n) is 9.12. The lowest BCUT2D eigenvalue weighted by atomic mass is 10.0. The maximum Gasteiger partial charge on any atom is 0.416 e. The second kappa shape index (κ2) is 3.83. The average Bonchev–Trinajstić information content (AvgIpc) is 2.62. The first-order valence-electron chi connectivity index (χ1n) is 4.95. The first kappa shape index (κ1) is 11.0. The highest BCUT2D eigenvalue weighted by molar-refractivity contribution is 6.18. The molecule has 0 bridgehead atoms. The van der Waals surface area contributed by atoms with Crippen molar-refractivity contribution >= 4 is 28.6 Å². The van der Waals surface area contributed by atoms with Crippen molar-refractivity contribution in [3.05, 3.63) is 35.0 Å². The lowest BCUT2D eigenvalue weighted by molar-refractivity contribution is 0.197. The molecular formula is C12H12ClNO2. The van der Waals surface area contributed by atoms with Crippen molar-refractivity contribution in [1.29, 1.82) is 0 Å². The Labute approximate surface area is 98.3 Å². The van der Waals surface area contributed by atoms with E-state index in [1.54, 1.807) is 12.3 Å². The van der Waals surface area contributed by atoms with Crippen molar-refractivity contribution in [2.24, 2.45) is 0 Å². The monoisotopic (exact) mass is 237 g/mol. The van der Waals surface area contributed by atoms with Crippen LogP contribution in [0.5, 0.6) is 0 Å². The minimum atomic E-state index is -0.970. The number of hydrogen-bond acceptors (Lipinski definition) is 1. The molecule has 0 fully saturated rings. The van der Waals surface area contributed by atoms with Crippen molar-refractivity contribution < 1.29 is 9.90 Å². The predicted molar refractivity (Wildman–Crippen MR) is 64.4 cm³/mol. The minimum Gasteiger partial charge on any atom is -0.464 e. The number of alkyl halides is 1. The van der Waals surface area contributed by atoms with E-state index in [2.05, 4.69) is 0 Å². The number of benzene rings is 1. The molecule has 0 saturated carbocycles. The van der Waals surface area contributed by atoms with Crippen LogP contribution in [0.4, 0.5) is 4.79 Å². The largest absolute Gasteiger partial charge is 0.464 e. The Morgan fingerprint density at radius 3 is 2.69 bits per heavy atom. The number of carboxylic acid groups (broad SMARTS) is 1. The number of carbonyl (C=O) groups is 1. The Morgan fingerprint density at radius 2 is 2.12 bits per heavy atom. The van der Waals surface area contributed by atoms with Crippen LogP contribution in [0, 0.1) is 13.8 Å². The number of nitrogens with zero attached hydrogens (tertiary/aromatic N) is 1. The van der Waals surface area contributed by atoms with Gasteiger partial charge in [0.15, 0.2) is 0 Å². The van der Waals surface area contributed by atoms with E-state index in [1.807, 2.05) is 19.9 Å². The van der Waals surface area contributed by atoms with E-state index in [0.29, 0.717) is 5.88 Å². The molecule has 0 saturated heterocycles. The summed E-state index contributed by atoms with van der Waals surface area (Å²) in [5.41, 5.74) is 3.79. The van der Waals surface area contributed by atoms with Crippen LogP contribution in [0.2, 0.25) is 0 Å². The van der Waals surface area contributed by atoms with Gasteiger partial charge in [0.1, 0.15) is 0 Å². The molecule has 0 atom stereocenters. The number of fused-ring (bicyclic) bond motifs is 1. The fourth-order valence-electron chi connectivity index (χ4n) is 2.11. The zero-order chi connectivity index (χ0) is 11.9. The van der Waals surface area contributed by atoms with E-state index >= 15 is 0 Å². The highest BCUT2D eigenvalue weighted by Crippen LogP contribution is 2.28. The molecule has 0 aliphatic heterocycles. The molecule has 0 aliphatic carbocycles. The highest BCUT2D eigenvalue weighted by Gasteiger charge is 2.13. The third-order valence-corrected chi connectivity index (χ3v) is 3.10. The van der Waals surface area contributed by atoms with Crippen molar-refractivity contribution in [3.8, 4) is 0 Å². The van der Waals surface area contributed by atoms with Crippen LogP contribution in [0.25, 0.3) is 10.9 Å². The van der Waals surface area contributed by atoms with Crippen LogP contribution in [-0.2, 0) is 5.88 Å². The van der Waals surface area contributed by atoms with Crippen LogP contribution >= 0.6 is 11.6 Å². The standard InChI is InChI=1S/C12H12ClNO2/c1-7-5-8(2)11-9(10(7)6-13)3-4-14(11)12(15)16/h3-5H,6H2,1-2H3,(H,15,16). The third kappa shape index (κ3) is 1.48. The lowest BCUT2D eigenvalue weighted by Gasteiger charge is -2.08. The van der Waals surface area contributed by atoms with Gasteiger partial charge in [-0.15, -0.1) is 11.6 Å². The van der Waals surface area contributed by atoms with Gasteiger partial charge in [-0.2, -0.15) is 0 Å². The van der Waals surface area contributed by atoms with Crippen LogP contribution in [0.3, 0.4) is 0 Å². The summed E-state index contributed by atoms with van der Waals surface area (Å²) in [5.74, 6) is 0.395. The molecule has 1 aromatic heterocycles. The number of hydrogen-bond donors (Lipinski definition) is 1. The fraction of sp³-hybridized carbons (Fsp3) is 0.250. The average molecular weight is 238 g/mol. The summed E-state index contributed by atoms with van der Waals surface area (Å²) in [4.78, 5) is 11.0. The van der Waals surface area contributed by atoms with Gasteiger partial charge in [-0.3, -0.25) is 4.57 Å². The molecule has 0 unspecified atom stereocenters. The Kier molecular flexibility index (Phi) is 2.64. The molecule has 16 heavy (non-hydrogen) atoms. The van der Waals surface area contributed by atoms with Crippen LogP contribution in [0.1, 0.15) is 16.7 Å². The van der Waals surface area contributed by atoms with Gasteiger partial charge in [-0.1, -0.05) is 6.07 Å². The van der Waals surface area contributed by atoms with Gasteiger partial charge in [0.25, 0.3) is 0 Å². The summed E-state index contributed by atoms with van der Waals surface area (Å²) in [6.45, 7) is 3.90. The Morgan fingerprint density at radius 1 is 1.44 bits per heavy atom. The smallest absolute Gasteiger partial charge is 0.416 e. The summed E-state index contributed by atoms with van der Waals surface area (Å²) < 4.78 is 1.24. The van der Waals surface area contributed by atoms with Gasteiger partial charge in [-0.05, 0) is 36.6 Å². The maximum atomic E-state index is 11.0. The number of aromatic nitrogens is 1. The van der Waals surface area contributed by atoms with Crippen molar-refractivity contribution in [2.75, 3.05) is 0 Å². The van der Waals surface area contributed by atoms with Crippen molar-refractivity contribution in [1.82, 2.24) is 4.57 Å². The van der Waals surface area contributed by atoms with Gasteiger partial charge in [0, 0.05) is 17.5 Å². The molecule has 84 valence electrons. The molecule has 1 N–H and O–H groups in total. The van der Waals surface area contributed by atoms with Gasteiger partial charge < -0.3 is 5.11 Å². The quantitative estimate of drug-likeness (QED) is 0.771. The van der Waals surface area contributed by atoms with Gasteiger partial charge in [0.05, 0.1) is 5.52 Å². The van der Waals surface area contributed by atoms with Crippen LogP contribution < -0.4 is 0 Å². The summed E-state index contributed by atoms with van der Waals surface area (Å²) >= 11 is 5.90. The number of rotatable bonds is 1. The molecule has 0 radical (unpaired) electrons. The SMILES string of the molecule is Cc1cc(C)c2c(ccn2C(=O)O)c1CCl. The topological polar surface area (TPSA) is 42.2 Å². The summed E-state index contributed by atoms with van der Waals surface area (Å²) in [6.07, 6.45) is 0.595. The van der Waals surface area contributed by atoms with E-state index in [0.717, 1.165) is 27.6 Å². The van der Waals surface area contributed by atoms with E-state index in [1.165, 1.54) is 4.57 Å². The van der Waals surface area contributed by atoms with Gasteiger partial charge in [0.2, 0.25) is 0 Å². The Bertz CT molecular complexity index is 572. The molecule has 2 rings (SSSR count). The van der Waals surface area contributed by atoms with Gasteiger partial charge >= 0.3 is 6.09 Å². The second-order valence-corrected chi connectivity index (χ2v) is 4.12. The first-order chi connectivity index (χ1) is 7.56. The summed E-state index contributed by atoms with van der Waals surface area (Å²) in [6, 6.07) is 3.78. The fourth-order valence-corrected chi connectivity index (χ4v) is 2.46. The van der Waals surface area contributed by atoms with Crippen molar-refractivity contribution in [2.45, 2.75) is 19.7 Å². The normalized spacial score (nSPS) is 10.9. The predicted octanol–water partition coefficient (Wildman–Crippen LogP) is 3.52. The molecule has 4 heteroatoms. The molecular weight excluding hydrogens is 226 g/mol. The maximum absolute atomic E-state index is 11.0. The van der Waals surface area contributed by atoms with Crippen LogP contribution in [-0.4, -0.2) is 15.8 Å². The molecule has 2 aromatic rings. The van der Waals surface area contributed by atoms with Crippen molar-refractivity contribution in [3.63, 3.8) is 0 Å². The molecule has 1 heterocycles. The summed E-state index contributed by atoms with van der Waals surface area (Å²) in [7, 11) is 0. The van der Waals surface area contributed by atoms with E-state index in [9.17, 15) is 4.79 Å². The molecule has 0 amide bonds. The summed E-state index contributed by atoms with van der Waals surface area (Å²) in [5, 5.41) is 9.98. The highest BCUT2D eigenvalue weighted by atomic mass is 35.5. The van der Waals surface area contributed by atoms with E-state index < -0.39 is 6.09 Å². The lowest BCUT2D eigenvalue weighted by Crippen LogP contribution is -2.07. The second-order valence-electron chi connectivity index (χ2n) is 3.85. The number of aryl methyl sites for hydroxylation is 2. The first-order valence-corrected chi connectivity index (χ1v) is 5.49. The molecule has 3 nitrogen and oxygen atoms in total. The third-order valence-electron chi connectivity index (χ3n) is 2.83. The Hall–Kier alpha value is -1.48. The van der Waals surface area contributed by atoms with Gasteiger partial charge in [-0.25, -0.2) is 4.79 Å². The molecule has 0 spiro atoms. The Balaban J connectivity index is 2.90. The zero-order valence-corrected chi connectivity index (χ0v) is 9.88. The molecule has 0 aliphatic rings. The molecule has 1 aromatic carbocycles. The van der Waals surface area contributed by atoms with E-state index in [-0.39, 0.29) is 0 Å².